The number of amides is 2. The van der Waals surface area contributed by atoms with Gasteiger partial charge < -0.3 is 24.8 Å². The van der Waals surface area contributed by atoms with Crippen molar-refractivity contribution in [3.05, 3.63) is 48.0 Å². The monoisotopic (exact) mass is 424 g/mol. The molecule has 2 aromatic rings. The zero-order chi connectivity index (χ0) is 21.6. The van der Waals surface area contributed by atoms with Crippen molar-refractivity contribution in [3.8, 4) is 11.5 Å². The first kappa shape index (κ1) is 20.7. The summed E-state index contributed by atoms with van der Waals surface area (Å²) >= 11 is 0. The molecule has 1 atom stereocenters. The quantitative estimate of drug-likeness (QED) is 0.503. The van der Waals surface area contributed by atoms with Crippen LogP contribution in [0.1, 0.15) is 30.1 Å². The van der Waals surface area contributed by atoms with Crippen molar-refractivity contribution < 1.29 is 23.8 Å². The van der Waals surface area contributed by atoms with Crippen LogP contribution in [-0.4, -0.2) is 43.8 Å². The fourth-order valence-corrected chi connectivity index (χ4v) is 3.32. The zero-order valence-corrected chi connectivity index (χ0v) is 17.1. The summed E-state index contributed by atoms with van der Waals surface area (Å²) in [6, 6.07) is 12.1. The minimum atomic E-state index is -0.355. The highest BCUT2D eigenvalue weighted by atomic mass is 16.7. The van der Waals surface area contributed by atoms with Gasteiger partial charge in [-0.15, -0.1) is 0 Å². The van der Waals surface area contributed by atoms with Crippen molar-refractivity contribution in [2.75, 3.05) is 30.6 Å². The number of carbonyl (C=O) groups is 2. The summed E-state index contributed by atoms with van der Waals surface area (Å²) in [6.07, 6.45) is 1.98. The molecule has 0 radical (unpaired) electrons. The summed E-state index contributed by atoms with van der Waals surface area (Å²) in [5, 5.41) is 8.62. The Balaban J connectivity index is 1.50. The molecule has 0 bridgehead atoms. The highest BCUT2D eigenvalue weighted by Crippen LogP contribution is 2.34. The van der Waals surface area contributed by atoms with E-state index in [9.17, 15) is 9.59 Å². The summed E-state index contributed by atoms with van der Waals surface area (Å²) in [7, 11) is 0. The molecular formula is C22H24N4O5. The lowest BCUT2D eigenvalue weighted by Gasteiger charge is -2.14. The Kier molecular flexibility index (Phi) is 6.32. The second-order valence-electron chi connectivity index (χ2n) is 7.23. The lowest BCUT2D eigenvalue weighted by Crippen LogP contribution is -2.36. The van der Waals surface area contributed by atoms with Gasteiger partial charge in [0, 0.05) is 36.5 Å². The van der Waals surface area contributed by atoms with E-state index in [1.165, 1.54) is 6.92 Å². The van der Waals surface area contributed by atoms with E-state index in [0.29, 0.717) is 40.9 Å². The van der Waals surface area contributed by atoms with Crippen molar-refractivity contribution in [2.24, 2.45) is 4.99 Å². The molecule has 0 aliphatic carbocycles. The fourth-order valence-electron chi connectivity index (χ4n) is 3.32. The van der Waals surface area contributed by atoms with Crippen molar-refractivity contribution in [2.45, 2.75) is 25.9 Å². The number of nitrogens with one attached hydrogen (secondary N) is 3. The molecule has 2 heterocycles. The summed E-state index contributed by atoms with van der Waals surface area (Å²) in [6.45, 7) is 2.75. The number of hydrogen-bond acceptors (Lipinski definition) is 6. The van der Waals surface area contributed by atoms with Gasteiger partial charge in [-0.3, -0.25) is 14.9 Å². The van der Waals surface area contributed by atoms with Crippen LogP contribution in [0.3, 0.4) is 0 Å². The van der Waals surface area contributed by atoms with Gasteiger partial charge in [0.1, 0.15) is 0 Å². The standard InChI is InChI=1S/C22H24N4O5/c1-14(27)24-16-5-2-4-15(10-16)21(28)26-22(23-12-18-6-3-9-29-18)25-17-7-8-19-20(11-17)31-13-30-19/h2,4-5,7-8,10-11,18H,3,6,9,12-13H2,1H3,(H,24,27)(H2,23,25,26,28). The summed E-state index contributed by atoms with van der Waals surface area (Å²) < 4.78 is 16.4. The number of aliphatic imine (C=N–C) groups is 1. The van der Waals surface area contributed by atoms with E-state index in [1.54, 1.807) is 36.4 Å². The molecule has 3 N–H and O–H groups in total. The van der Waals surface area contributed by atoms with Crippen LogP contribution in [0.25, 0.3) is 0 Å². The van der Waals surface area contributed by atoms with Gasteiger partial charge in [0.05, 0.1) is 12.6 Å². The van der Waals surface area contributed by atoms with Crippen molar-refractivity contribution >= 4 is 29.1 Å². The van der Waals surface area contributed by atoms with Crippen LogP contribution < -0.4 is 25.4 Å². The molecule has 1 saturated heterocycles. The first-order chi connectivity index (χ1) is 15.1. The second-order valence-corrected chi connectivity index (χ2v) is 7.23. The van der Waals surface area contributed by atoms with Crippen LogP contribution in [0, 0.1) is 0 Å². The van der Waals surface area contributed by atoms with Gasteiger partial charge in [-0.05, 0) is 43.2 Å². The van der Waals surface area contributed by atoms with Crippen molar-refractivity contribution in [3.63, 3.8) is 0 Å². The van der Waals surface area contributed by atoms with Crippen LogP contribution in [0.2, 0.25) is 0 Å². The lowest BCUT2D eigenvalue weighted by atomic mass is 10.2. The third kappa shape index (κ3) is 5.52. The molecule has 2 aliphatic heterocycles. The number of guanidine groups is 1. The Morgan fingerprint density at radius 3 is 2.71 bits per heavy atom. The highest BCUT2D eigenvalue weighted by Gasteiger charge is 2.18. The molecule has 1 fully saturated rings. The summed E-state index contributed by atoms with van der Waals surface area (Å²) in [4.78, 5) is 28.7. The largest absolute Gasteiger partial charge is 0.454 e. The smallest absolute Gasteiger partial charge is 0.258 e. The number of ether oxygens (including phenoxy) is 3. The number of carbonyl (C=O) groups excluding carboxylic acids is 2. The first-order valence-corrected chi connectivity index (χ1v) is 10.1. The molecule has 0 spiro atoms. The van der Waals surface area contributed by atoms with Crippen LogP contribution >= 0.6 is 0 Å². The molecule has 0 saturated carbocycles. The van der Waals surface area contributed by atoms with Gasteiger partial charge in [0.2, 0.25) is 18.7 Å². The minimum absolute atomic E-state index is 0.0357. The van der Waals surface area contributed by atoms with Gasteiger partial charge in [0.15, 0.2) is 11.5 Å². The maximum Gasteiger partial charge on any atom is 0.258 e. The van der Waals surface area contributed by atoms with E-state index in [-0.39, 0.29) is 24.7 Å². The van der Waals surface area contributed by atoms with Gasteiger partial charge in [-0.1, -0.05) is 6.07 Å². The molecule has 9 nitrogen and oxygen atoms in total. The number of rotatable bonds is 5. The van der Waals surface area contributed by atoms with Gasteiger partial charge in [-0.2, -0.15) is 0 Å². The molecule has 1 unspecified atom stereocenters. The van der Waals surface area contributed by atoms with E-state index in [1.807, 2.05) is 6.07 Å². The molecule has 2 amide bonds. The molecule has 2 aliphatic rings. The van der Waals surface area contributed by atoms with Crippen molar-refractivity contribution in [1.29, 1.82) is 0 Å². The fraction of sp³-hybridized carbons (Fsp3) is 0.318. The third-order valence-corrected chi connectivity index (χ3v) is 4.79. The average Bonchev–Trinajstić information content (AvgIpc) is 3.43. The number of fused-ring (bicyclic) bond motifs is 1. The van der Waals surface area contributed by atoms with E-state index in [2.05, 4.69) is 20.9 Å². The van der Waals surface area contributed by atoms with Crippen molar-refractivity contribution in [1.82, 2.24) is 5.32 Å². The van der Waals surface area contributed by atoms with Crippen LogP contribution in [-0.2, 0) is 9.53 Å². The number of anilines is 2. The highest BCUT2D eigenvalue weighted by molar-refractivity contribution is 6.10. The number of benzene rings is 2. The maximum absolute atomic E-state index is 12.8. The maximum atomic E-state index is 12.8. The summed E-state index contributed by atoms with van der Waals surface area (Å²) in [5.74, 6) is 1.02. The molecular weight excluding hydrogens is 400 g/mol. The van der Waals surface area contributed by atoms with Gasteiger partial charge in [0.25, 0.3) is 5.91 Å². The zero-order valence-electron chi connectivity index (χ0n) is 17.1. The Labute approximate surface area is 179 Å². The Morgan fingerprint density at radius 2 is 1.90 bits per heavy atom. The first-order valence-electron chi connectivity index (χ1n) is 10.1. The third-order valence-electron chi connectivity index (χ3n) is 4.79. The van der Waals surface area contributed by atoms with E-state index in [4.69, 9.17) is 14.2 Å². The molecule has 31 heavy (non-hydrogen) atoms. The topological polar surface area (TPSA) is 110 Å². The van der Waals surface area contributed by atoms with E-state index >= 15 is 0 Å². The molecule has 162 valence electrons. The lowest BCUT2D eigenvalue weighted by molar-refractivity contribution is -0.114. The van der Waals surface area contributed by atoms with E-state index < -0.39 is 0 Å². The molecule has 9 heteroatoms. The normalized spacial score (nSPS) is 17.3. The van der Waals surface area contributed by atoms with Gasteiger partial charge in [-0.25, -0.2) is 4.99 Å². The Bertz CT molecular complexity index is 1000. The minimum Gasteiger partial charge on any atom is -0.454 e. The Hall–Kier alpha value is -3.59. The number of hydrogen-bond donors (Lipinski definition) is 3. The predicted molar refractivity (Wildman–Crippen MR) is 116 cm³/mol. The SMILES string of the molecule is CC(=O)Nc1cccc(C(=O)NC(=NCC2CCCO2)Nc2ccc3c(c2)OCO3)c1. The summed E-state index contributed by atoms with van der Waals surface area (Å²) in [5.41, 5.74) is 1.63. The van der Waals surface area contributed by atoms with Gasteiger partial charge >= 0.3 is 0 Å². The molecule has 0 aromatic heterocycles. The van der Waals surface area contributed by atoms with Crippen LogP contribution in [0.5, 0.6) is 11.5 Å². The van der Waals surface area contributed by atoms with Crippen LogP contribution in [0.15, 0.2) is 47.5 Å². The molecule has 2 aromatic carbocycles. The molecule has 4 rings (SSSR count). The number of nitrogens with zero attached hydrogens (tertiary/aromatic N) is 1. The Morgan fingerprint density at radius 1 is 1.06 bits per heavy atom. The van der Waals surface area contributed by atoms with E-state index in [0.717, 1.165) is 19.4 Å². The predicted octanol–water partition coefficient (Wildman–Crippen LogP) is 2.75. The van der Waals surface area contributed by atoms with Crippen LogP contribution in [0.4, 0.5) is 11.4 Å². The second kappa shape index (κ2) is 9.48. The average molecular weight is 424 g/mol.